The van der Waals surface area contributed by atoms with Crippen molar-refractivity contribution in [3.05, 3.63) is 56.3 Å². The molecule has 0 amide bonds. The Labute approximate surface area is 113 Å². The van der Waals surface area contributed by atoms with E-state index in [2.05, 4.69) is 0 Å². The molecule has 2 rings (SSSR count). The highest BCUT2D eigenvalue weighted by atomic mass is 32.1. The van der Waals surface area contributed by atoms with Gasteiger partial charge in [-0.25, -0.2) is 0 Å². The van der Waals surface area contributed by atoms with Gasteiger partial charge in [-0.1, -0.05) is 12.1 Å². The van der Waals surface area contributed by atoms with Crippen molar-refractivity contribution < 1.29 is 14.5 Å². The Morgan fingerprint density at radius 1 is 1.32 bits per heavy atom. The molecule has 0 aliphatic heterocycles. The fraction of sp³-hybridized carbons (Fsp3) is 0.154. The number of non-ortho nitro benzene ring substituents is 1. The highest BCUT2D eigenvalue weighted by Gasteiger charge is 2.15. The van der Waals surface area contributed by atoms with Gasteiger partial charge in [0.1, 0.15) is 10.6 Å². The summed E-state index contributed by atoms with van der Waals surface area (Å²) in [6, 6.07) is 7.72. The van der Waals surface area contributed by atoms with Gasteiger partial charge in [-0.05, 0) is 17.0 Å². The molecule has 0 spiro atoms. The highest BCUT2D eigenvalue weighted by molar-refractivity contribution is 7.12. The third-order valence-electron chi connectivity index (χ3n) is 2.61. The number of nitrogens with zero attached hydrogens (tertiary/aromatic N) is 1. The summed E-state index contributed by atoms with van der Waals surface area (Å²) in [5.41, 5.74) is 0.760. The molecule has 5 nitrogen and oxygen atoms in total. The zero-order chi connectivity index (χ0) is 13.8. The van der Waals surface area contributed by atoms with E-state index in [9.17, 15) is 14.9 Å². The van der Waals surface area contributed by atoms with E-state index in [1.54, 1.807) is 23.6 Å². The second-order valence-electron chi connectivity index (χ2n) is 3.84. The van der Waals surface area contributed by atoms with Crippen LogP contribution in [0, 0.1) is 10.1 Å². The Morgan fingerprint density at radius 3 is 2.58 bits per heavy atom. The van der Waals surface area contributed by atoms with E-state index < -0.39 is 4.92 Å². The molecule has 2 aromatic rings. The maximum atomic E-state index is 12.1. The van der Waals surface area contributed by atoms with E-state index in [0.29, 0.717) is 10.6 Å². The fourth-order valence-electron chi connectivity index (χ4n) is 1.66. The molecule has 0 atom stereocenters. The number of hydrogen-bond donors (Lipinski definition) is 0. The molecule has 0 fully saturated rings. The molecule has 98 valence electrons. The van der Waals surface area contributed by atoms with Gasteiger partial charge in [0.15, 0.2) is 5.78 Å². The van der Waals surface area contributed by atoms with E-state index in [0.717, 1.165) is 5.56 Å². The summed E-state index contributed by atoms with van der Waals surface area (Å²) in [6.07, 6.45) is 0.203. The van der Waals surface area contributed by atoms with E-state index in [4.69, 9.17) is 4.74 Å². The van der Waals surface area contributed by atoms with Crippen molar-refractivity contribution in [1.82, 2.24) is 0 Å². The highest BCUT2D eigenvalue weighted by Crippen LogP contribution is 2.26. The average Bonchev–Trinajstić information content (AvgIpc) is 2.87. The zero-order valence-electron chi connectivity index (χ0n) is 10.2. The number of Topliss-reactive ketones (excluding diaryl/α,β-unsaturated/α-hetero) is 1. The van der Waals surface area contributed by atoms with Crippen LogP contribution in [0.25, 0.3) is 0 Å². The Hall–Kier alpha value is -2.21. The molecular weight excluding hydrogens is 266 g/mol. The zero-order valence-corrected chi connectivity index (χ0v) is 11.0. The lowest BCUT2D eigenvalue weighted by molar-refractivity contribution is -0.384. The number of methoxy groups -OCH3 is 1. The van der Waals surface area contributed by atoms with Gasteiger partial charge in [-0.15, -0.1) is 11.3 Å². The van der Waals surface area contributed by atoms with E-state index >= 15 is 0 Å². The number of nitro benzene ring substituents is 1. The number of carbonyl (C=O) groups excluding carboxylic acids is 1. The van der Waals surface area contributed by atoms with E-state index in [1.165, 1.54) is 30.6 Å². The van der Waals surface area contributed by atoms with Crippen LogP contribution in [-0.2, 0) is 6.42 Å². The third kappa shape index (κ3) is 2.97. The SMILES string of the molecule is COc1ccsc1C(=O)Cc1ccc([N+](=O)[O-])cc1. The van der Waals surface area contributed by atoms with Crippen LogP contribution < -0.4 is 4.74 Å². The Kier molecular flexibility index (Phi) is 3.91. The molecule has 6 heteroatoms. The van der Waals surface area contributed by atoms with Crippen LogP contribution in [0.4, 0.5) is 5.69 Å². The number of ketones is 1. The van der Waals surface area contributed by atoms with E-state index in [-0.39, 0.29) is 17.9 Å². The molecule has 1 aromatic heterocycles. The molecule has 0 radical (unpaired) electrons. The number of carbonyl (C=O) groups is 1. The first-order valence-electron chi connectivity index (χ1n) is 5.50. The first-order valence-corrected chi connectivity index (χ1v) is 6.38. The van der Waals surface area contributed by atoms with Crippen molar-refractivity contribution in [2.24, 2.45) is 0 Å². The average molecular weight is 277 g/mol. The Balaban J connectivity index is 2.13. The van der Waals surface area contributed by atoms with Crippen molar-refractivity contribution in [3.63, 3.8) is 0 Å². The topological polar surface area (TPSA) is 69.4 Å². The van der Waals surface area contributed by atoms with Crippen molar-refractivity contribution in [2.45, 2.75) is 6.42 Å². The van der Waals surface area contributed by atoms with Gasteiger partial charge in [0.05, 0.1) is 12.0 Å². The summed E-state index contributed by atoms with van der Waals surface area (Å²) in [7, 11) is 1.52. The predicted octanol–water partition coefficient (Wildman–Crippen LogP) is 3.09. The van der Waals surface area contributed by atoms with Gasteiger partial charge in [0.25, 0.3) is 5.69 Å². The summed E-state index contributed by atoms with van der Waals surface area (Å²) in [6.45, 7) is 0. The number of hydrogen-bond acceptors (Lipinski definition) is 5. The molecule has 1 heterocycles. The lowest BCUT2D eigenvalue weighted by Crippen LogP contribution is -2.03. The normalized spacial score (nSPS) is 10.2. The predicted molar refractivity (Wildman–Crippen MR) is 72.0 cm³/mol. The first-order chi connectivity index (χ1) is 9.11. The van der Waals surface area contributed by atoms with Gasteiger partial charge in [0, 0.05) is 18.6 Å². The van der Waals surface area contributed by atoms with Crippen LogP contribution in [0.15, 0.2) is 35.7 Å². The van der Waals surface area contributed by atoms with Gasteiger partial charge in [0.2, 0.25) is 0 Å². The lowest BCUT2D eigenvalue weighted by atomic mass is 10.1. The third-order valence-corrected chi connectivity index (χ3v) is 3.55. The number of nitro groups is 1. The van der Waals surface area contributed by atoms with E-state index in [1.807, 2.05) is 0 Å². The maximum Gasteiger partial charge on any atom is 0.269 e. The molecular formula is C13H11NO4S. The maximum absolute atomic E-state index is 12.1. The second-order valence-corrected chi connectivity index (χ2v) is 4.76. The lowest BCUT2D eigenvalue weighted by Gasteiger charge is -2.02. The van der Waals surface area contributed by atoms with Gasteiger partial charge in [-0.2, -0.15) is 0 Å². The minimum atomic E-state index is -0.464. The molecule has 19 heavy (non-hydrogen) atoms. The van der Waals surface area contributed by atoms with Gasteiger partial charge >= 0.3 is 0 Å². The van der Waals surface area contributed by atoms with Crippen LogP contribution in [0.5, 0.6) is 5.75 Å². The summed E-state index contributed by atoms with van der Waals surface area (Å²) in [5.74, 6) is 0.512. The van der Waals surface area contributed by atoms with Crippen LogP contribution in [-0.4, -0.2) is 17.8 Å². The van der Waals surface area contributed by atoms with Gasteiger partial charge in [-0.3, -0.25) is 14.9 Å². The first kappa shape index (κ1) is 13.2. The molecule has 1 aromatic carbocycles. The second kappa shape index (κ2) is 5.62. The molecule has 0 N–H and O–H groups in total. The number of benzene rings is 1. The Morgan fingerprint density at radius 2 is 2.00 bits per heavy atom. The monoisotopic (exact) mass is 277 g/mol. The number of thiophene rings is 1. The van der Waals surface area contributed by atoms with Crippen molar-refractivity contribution >= 4 is 22.8 Å². The standard InChI is InChI=1S/C13H11NO4S/c1-18-12-6-7-19-13(12)11(15)8-9-2-4-10(5-3-9)14(16)17/h2-7H,8H2,1H3. The van der Waals surface area contributed by atoms with Crippen molar-refractivity contribution in [1.29, 1.82) is 0 Å². The molecule has 0 saturated heterocycles. The molecule has 0 aliphatic rings. The Bertz CT molecular complexity index is 603. The summed E-state index contributed by atoms with van der Waals surface area (Å²) in [5, 5.41) is 12.3. The van der Waals surface area contributed by atoms with Crippen LogP contribution in [0.2, 0.25) is 0 Å². The van der Waals surface area contributed by atoms with Gasteiger partial charge < -0.3 is 4.74 Å². The van der Waals surface area contributed by atoms with Crippen molar-refractivity contribution in [2.75, 3.05) is 7.11 Å². The number of rotatable bonds is 5. The largest absolute Gasteiger partial charge is 0.495 e. The number of ether oxygens (including phenoxy) is 1. The summed E-state index contributed by atoms with van der Waals surface area (Å²) in [4.78, 5) is 22.7. The molecule has 0 unspecified atom stereocenters. The van der Waals surface area contributed by atoms with Crippen LogP contribution in [0.3, 0.4) is 0 Å². The van der Waals surface area contributed by atoms with Crippen LogP contribution >= 0.6 is 11.3 Å². The molecule has 0 aliphatic carbocycles. The molecule has 0 bridgehead atoms. The quantitative estimate of drug-likeness (QED) is 0.478. The van der Waals surface area contributed by atoms with Crippen molar-refractivity contribution in [3.8, 4) is 5.75 Å². The fourth-order valence-corrected chi connectivity index (χ4v) is 2.46. The summed E-state index contributed by atoms with van der Waals surface area (Å²) < 4.78 is 5.10. The smallest absolute Gasteiger partial charge is 0.269 e. The minimum Gasteiger partial charge on any atom is -0.495 e. The summed E-state index contributed by atoms with van der Waals surface area (Å²) >= 11 is 1.33. The molecule has 0 saturated carbocycles. The minimum absolute atomic E-state index is 0.0184. The van der Waals surface area contributed by atoms with Crippen LogP contribution in [0.1, 0.15) is 15.2 Å².